The molecule has 0 amide bonds. The highest BCUT2D eigenvalue weighted by atomic mass is 32.2. The zero-order valence-electron chi connectivity index (χ0n) is 9.88. The van der Waals surface area contributed by atoms with Crippen molar-refractivity contribution in [2.75, 3.05) is 12.3 Å². The lowest BCUT2D eigenvalue weighted by atomic mass is 10.3. The number of nitrogens with one attached hydrogen (secondary N) is 1. The van der Waals surface area contributed by atoms with Gasteiger partial charge in [-0.15, -0.1) is 0 Å². The number of furan rings is 1. The molecule has 0 saturated carbocycles. The minimum absolute atomic E-state index is 0.625. The van der Waals surface area contributed by atoms with Crippen LogP contribution in [0.15, 0.2) is 16.7 Å². The fourth-order valence-corrected chi connectivity index (χ4v) is 2.57. The van der Waals surface area contributed by atoms with Crippen molar-refractivity contribution >= 4 is 11.8 Å². The summed E-state index contributed by atoms with van der Waals surface area (Å²) in [7, 11) is 0. The van der Waals surface area contributed by atoms with E-state index >= 15 is 0 Å². The van der Waals surface area contributed by atoms with Gasteiger partial charge in [0.1, 0.15) is 5.76 Å². The van der Waals surface area contributed by atoms with E-state index in [2.05, 4.69) is 26.1 Å². The largest absolute Gasteiger partial charge is 0.468 e. The molecule has 1 heterocycles. The Balaban J connectivity index is 2.09. The molecule has 0 saturated heterocycles. The zero-order chi connectivity index (χ0) is 11.1. The third kappa shape index (κ3) is 4.76. The summed E-state index contributed by atoms with van der Waals surface area (Å²) in [5.41, 5.74) is 1.27. The Morgan fingerprint density at radius 1 is 1.53 bits per heavy atom. The molecule has 1 atom stereocenters. The zero-order valence-corrected chi connectivity index (χ0v) is 10.7. The Hall–Kier alpha value is -0.410. The van der Waals surface area contributed by atoms with E-state index in [-0.39, 0.29) is 0 Å². The summed E-state index contributed by atoms with van der Waals surface area (Å²) in [5, 5.41) is 3.41. The maximum absolute atomic E-state index is 5.38. The summed E-state index contributed by atoms with van der Waals surface area (Å²) in [5.74, 6) is 3.31. The molecule has 1 N–H and O–H groups in total. The molecule has 1 aromatic rings. The predicted molar refractivity (Wildman–Crippen MR) is 67.4 cm³/mol. The van der Waals surface area contributed by atoms with Crippen LogP contribution in [0.25, 0.3) is 0 Å². The minimum atomic E-state index is 0.625. The Morgan fingerprint density at radius 3 is 2.93 bits per heavy atom. The first kappa shape index (κ1) is 12.7. The Morgan fingerprint density at radius 2 is 2.33 bits per heavy atom. The van der Waals surface area contributed by atoms with Crippen LogP contribution in [0.5, 0.6) is 0 Å². The molecule has 0 aromatic carbocycles. The van der Waals surface area contributed by atoms with Crippen LogP contribution < -0.4 is 5.32 Å². The van der Waals surface area contributed by atoms with Gasteiger partial charge in [0.25, 0.3) is 0 Å². The van der Waals surface area contributed by atoms with Crippen LogP contribution in [0.1, 0.15) is 31.6 Å². The first-order valence-electron chi connectivity index (χ1n) is 5.58. The van der Waals surface area contributed by atoms with Crippen LogP contribution in [0, 0.1) is 6.92 Å². The molecule has 15 heavy (non-hydrogen) atoms. The van der Waals surface area contributed by atoms with E-state index in [1.807, 2.05) is 17.8 Å². The van der Waals surface area contributed by atoms with Crippen LogP contribution in [-0.2, 0) is 5.75 Å². The molecule has 0 radical (unpaired) electrons. The van der Waals surface area contributed by atoms with Gasteiger partial charge >= 0.3 is 0 Å². The van der Waals surface area contributed by atoms with Crippen LogP contribution >= 0.6 is 11.8 Å². The number of hydrogen-bond acceptors (Lipinski definition) is 3. The van der Waals surface area contributed by atoms with Crippen molar-refractivity contribution < 1.29 is 4.42 Å². The fourth-order valence-electron chi connectivity index (χ4n) is 1.43. The Bertz CT molecular complexity index is 272. The molecule has 0 spiro atoms. The van der Waals surface area contributed by atoms with E-state index in [9.17, 15) is 0 Å². The van der Waals surface area contributed by atoms with Gasteiger partial charge in [0.05, 0.1) is 12.0 Å². The molecule has 0 aliphatic rings. The van der Waals surface area contributed by atoms with Gasteiger partial charge in [-0.1, -0.05) is 6.92 Å². The molecule has 0 fully saturated rings. The molecule has 86 valence electrons. The summed E-state index contributed by atoms with van der Waals surface area (Å²) in [6.45, 7) is 7.54. The van der Waals surface area contributed by atoms with Crippen molar-refractivity contribution in [1.29, 1.82) is 0 Å². The first-order chi connectivity index (χ1) is 7.24. The van der Waals surface area contributed by atoms with Gasteiger partial charge < -0.3 is 9.73 Å². The summed E-state index contributed by atoms with van der Waals surface area (Å²) < 4.78 is 5.38. The topological polar surface area (TPSA) is 25.2 Å². The van der Waals surface area contributed by atoms with Crippen molar-refractivity contribution in [2.24, 2.45) is 0 Å². The SMILES string of the molecule is CCNC(C)CCSCc1occc1C. The van der Waals surface area contributed by atoms with Crippen molar-refractivity contribution in [3.63, 3.8) is 0 Å². The number of hydrogen-bond donors (Lipinski definition) is 1. The molecular weight excluding hydrogens is 206 g/mol. The summed E-state index contributed by atoms with van der Waals surface area (Å²) in [4.78, 5) is 0. The van der Waals surface area contributed by atoms with E-state index in [1.54, 1.807) is 6.26 Å². The van der Waals surface area contributed by atoms with E-state index in [0.717, 1.165) is 18.1 Å². The molecule has 0 aliphatic carbocycles. The van der Waals surface area contributed by atoms with Crippen molar-refractivity contribution in [2.45, 2.75) is 39.0 Å². The van der Waals surface area contributed by atoms with Crippen LogP contribution in [0.4, 0.5) is 0 Å². The average molecular weight is 227 g/mol. The van der Waals surface area contributed by atoms with Crippen molar-refractivity contribution in [1.82, 2.24) is 5.32 Å². The second-order valence-electron chi connectivity index (χ2n) is 3.83. The van der Waals surface area contributed by atoms with Gasteiger partial charge in [0.15, 0.2) is 0 Å². The van der Waals surface area contributed by atoms with Crippen molar-refractivity contribution in [3.8, 4) is 0 Å². The molecule has 1 rings (SSSR count). The maximum Gasteiger partial charge on any atom is 0.116 e. The lowest BCUT2D eigenvalue weighted by Crippen LogP contribution is -2.25. The third-order valence-electron chi connectivity index (χ3n) is 2.45. The highest BCUT2D eigenvalue weighted by Gasteiger charge is 2.03. The quantitative estimate of drug-likeness (QED) is 0.724. The van der Waals surface area contributed by atoms with E-state index in [4.69, 9.17) is 4.42 Å². The average Bonchev–Trinajstić information content (AvgIpc) is 2.60. The number of aryl methyl sites for hydroxylation is 1. The first-order valence-corrected chi connectivity index (χ1v) is 6.73. The predicted octanol–water partition coefficient (Wildman–Crippen LogP) is 3.21. The van der Waals surface area contributed by atoms with Gasteiger partial charge in [-0.05, 0) is 44.2 Å². The van der Waals surface area contributed by atoms with Crippen molar-refractivity contribution in [3.05, 3.63) is 23.7 Å². The second-order valence-corrected chi connectivity index (χ2v) is 4.93. The normalized spacial score (nSPS) is 13.0. The lowest BCUT2D eigenvalue weighted by Gasteiger charge is -2.10. The molecule has 1 unspecified atom stereocenters. The lowest BCUT2D eigenvalue weighted by molar-refractivity contribution is 0.527. The second kappa shape index (κ2) is 6.96. The van der Waals surface area contributed by atoms with E-state index in [1.165, 1.54) is 17.7 Å². The number of rotatable bonds is 7. The molecule has 3 heteroatoms. The molecule has 0 aliphatic heterocycles. The third-order valence-corrected chi connectivity index (χ3v) is 3.44. The summed E-state index contributed by atoms with van der Waals surface area (Å²) >= 11 is 1.95. The molecule has 1 aromatic heterocycles. The monoisotopic (exact) mass is 227 g/mol. The smallest absolute Gasteiger partial charge is 0.116 e. The Labute approximate surface area is 96.8 Å². The van der Waals surface area contributed by atoms with Gasteiger partial charge in [0, 0.05) is 6.04 Å². The molecule has 2 nitrogen and oxygen atoms in total. The Kier molecular flexibility index (Phi) is 5.88. The molecular formula is C12H21NOS. The van der Waals surface area contributed by atoms with Gasteiger partial charge in [0.2, 0.25) is 0 Å². The van der Waals surface area contributed by atoms with E-state index < -0.39 is 0 Å². The fraction of sp³-hybridized carbons (Fsp3) is 0.667. The van der Waals surface area contributed by atoms with Gasteiger partial charge in [-0.3, -0.25) is 0 Å². The van der Waals surface area contributed by atoms with Gasteiger partial charge in [-0.25, -0.2) is 0 Å². The standard InChI is InChI=1S/C12H21NOS/c1-4-13-11(3)6-8-15-9-12-10(2)5-7-14-12/h5,7,11,13H,4,6,8-9H2,1-3H3. The van der Waals surface area contributed by atoms with E-state index in [0.29, 0.717) is 6.04 Å². The van der Waals surface area contributed by atoms with Crippen LogP contribution in [0.2, 0.25) is 0 Å². The summed E-state index contributed by atoms with van der Waals surface area (Å²) in [6.07, 6.45) is 2.99. The van der Waals surface area contributed by atoms with Crippen LogP contribution in [0.3, 0.4) is 0 Å². The highest BCUT2D eigenvalue weighted by molar-refractivity contribution is 7.98. The maximum atomic E-state index is 5.38. The van der Waals surface area contributed by atoms with Gasteiger partial charge in [-0.2, -0.15) is 11.8 Å². The van der Waals surface area contributed by atoms with Crippen LogP contribution in [-0.4, -0.2) is 18.3 Å². The molecule has 0 bridgehead atoms. The minimum Gasteiger partial charge on any atom is -0.468 e. The highest BCUT2D eigenvalue weighted by Crippen LogP contribution is 2.17. The number of thioether (sulfide) groups is 1. The summed E-state index contributed by atoms with van der Waals surface area (Å²) in [6, 6.07) is 2.65.